The van der Waals surface area contributed by atoms with Crippen LogP contribution in [0, 0.1) is 0 Å². The van der Waals surface area contributed by atoms with Gasteiger partial charge in [0.25, 0.3) is 0 Å². The highest BCUT2D eigenvalue weighted by Crippen LogP contribution is 2.30. The zero-order valence-electron chi connectivity index (χ0n) is 19.7. The number of hydrogen-bond acceptors (Lipinski definition) is 5. The minimum absolute atomic E-state index is 0.0815. The second kappa shape index (κ2) is 11.8. The first-order valence-electron chi connectivity index (χ1n) is 10.5. The zero-order valence-corrected chi connectivity index (χ0v) is 22.0. The smallest absolute Gasteiger partial charge is 0.244 e. The number of hydrogen-bond donors (Lipinski definition) is 1. The van der Waals surface area contributed by atoms with Gasteiger partial charge in [-0.2, -0.15) is 0 Å². The lowest BCUT2D eigenvalue weighted by atomic mass is 10.1. The number of carbonyl (C=O) groups is 2. The van der Waals surface area contributed by atoms with E-state index in [4.69, 9.17) is 27.9 Å². The number of benzene rings is 2. The van der Waals surface area contributed by atoms with E-state index < -0.39 is 28.5 Å². The highest BCUT2D eigenvalue weighted by atomic mass is 35.5. The normalized spacial score (nSPS) is 12.2. The van der Waals surface area contributed by atoms with Crippen molar-refractivity contribution in [3.8, 4) is 5.75 Å². The van der Waals surface area contributed by atoms with Crippen LogP contribution in [0.3, 0.4) is 0 Å². The Kier molecular flexibility index (Phi) is 9.61. The first-order valence-corrected chi connectivity index (χ1v) is 13.1. The SMILES string of the molecule is COc1ccc(CN(C(=O)CN(c2ccc(Cl)cc2Cl)S(C)(=O)=O)[C@@H](C)C(=O)NC(C)C)cc1. The molecule has 2 aromatic carbocycles. The number of ether oxygens (including phenoxy) is 1. The molecule has 0 bridgehead atoms. The molecule has 2 rings (SSSR count). The minimum Gasteiger partial charge on any atom is -0.497 e. The summed E-state index contributed by atoms with van der Waals surface area (Å²) in [7, 11) is -2.34. The van der Waals surface area contributed by atoms with Gasteiger partial charge in [-0.05, 0) is 56.7 Å². The van der Waals surface area contributed by atoms with Crippen LogP contribution in [0.2, 0.25) is 10.0 Å². The molecule has 0 saturated heterocycles. The molecule has 1 N–H and O–H groups in total. The number of nitrogens with zero attached hydrogens (tertiary/aromatic N) is 2. The van der Waals surface area contributed by atoms with Gasteiger partial charge >= 0.3 is 0 Å². The van der Waals surface area contributed by atoms with Crippen molar-refractivity contribution < 1.29 is 22.7 Å². The Morgan fingerprint density at radius 2 is 1.68 bits per heavy atom. The molecule has 0 aliphatic carbocycles. The fraction of sp³-hybridized carbons (Fsp3) is 0.391. The van der Waals surface area contributed by atoms with Gasteiger partial charge in [-0.1, -0.05) is 35.3 Å². The van der Waals surface area contributed by atoms with Gasteiger partial charge in [-0.25, -0.2) is 8.42 Å². The van der Waals surface area contributed by atoms with Crippen LogP contribution in [0.5, 0.6) is 5.75 Å². The molecule has 2 aromatic rings. The summed E-state index contributed by atoms with van der Waals surface area (Å²) in [6.45, 7) is 4.76. The second-order valence-corrected chi connectivity index (χ2v) is 10.8. The van der Waals surface area contributed by atoms with Crippen LogP contribution in [-0.4, -0.2) is 57.1 Å². The Morgan fingerprint density at radius 1 is 1.06 bits per heavy atom. The van der Waals surface area contributed by atoms with E-state index in [2.05, 4.69) is 5.32 Å². The molecule has 0 fully saturated rings. The Hall–Kier alpha value is -2.49. The van der Waals surface area contributed by atoms with Gasteiger partial charge in [0.15, 0.2) is 0 Å². The van der Waals surface area contributed by atoms with Crippen LogP contribution in [0.1, 0.15) is 26.3 Å². The summed E-state index contributed by atoms with van der Waals surface area (Å²) in [6.07, 6.45) is 0.980. The van der Waals surface area contributed by atoms with E-state index in [0.717, 1.165) is 16.1 Å². The molecular formula is C23H29Cl2N3O5S. The maximum atomic E-state index is 13.5. The predicted octanol–water partition coefficient (Wildman–Crippen LogP) is 3.71. The summed E-state index contributed by atoms with van der Waals surface area (Å²) in [5, 5.41) is 3.20. The van der Waals surface area contributed by atoms with E-state index >= 15 is 0 Å². The van der Waals surface area contributed by atoms with Crippen molar-refractivity contribution in [2.24, 2.45) is 0 Å². The molecule has 186 valence electrons. The number of nitrogens with one attached hydrogen (secondary N) is 1. The van der Waals surface area contributed by atoms with E-state index in [1.54, 1.807) is 38.3 Å². The number of amides is 2. The number of anilines is 1. The van der Waals surface area contributed by atoms with Gasteiger partial charge in [-0.15, -0.1) is 0 Å². The first kappa shape index (κ1) is 27.8. The van der Waals surface area contributed by atoms with Crippen molar-refractivity contribution in [3.63, 3.8) is 0 Å². The van der Waals surface area contributed by atoms with Crippen LogP contribution < -0.4 is 14.4 Å². The monoisotopic (exact) mass is 529 g/mol. The molecule has 1 atom stereocenters. The van der Waals surface area contributed by atoms with E-state index in [-0.39, 0.29) is 29.2 Å². The highest BCUT2D eigenvalue weighted by Gasteiger charge is 2.31. The van der Waals surface area contributed by atoms with Gasteiger partial charge in [0, 0.05) is 17.6 Å². The van der Waals surface area contributed by atoms with E-state index in [0.29, 0.717) is 10.8 Å². The lowest BCUT2D eigenvalue weighted by Crippen LogP contribution is -2.52. The van der Waals surface area contributed by atoms with Crippen molar-refractivity contribution in [2.45, 2.75) is 39.4 Å². The van der Waals surface area contributed by atoms with Gasteiger partial charge in [0.2, 0.25) is 21.8 Å². The Balaban J connectivity index is 2.41. The topological polar surface area (TPSA) is 96.0 Å². The fourth-order valence-corrected chi connectivity index (χ4v) is 4.62. The molecule has 0 saturated carbocycles. The largest absolute Gasteiger partial charge is 0.497 e. The Bertz CT molecular complexity index is 1120. The van der Waals surface area contributed by atoms with Gasteiger partial charge in [0.1, 0.15) is 18.3 Å². The number of rotatable bonds is 10. The third-order valence-electron chi connectivity index (χ3n) is 4.97. The molecule has 11 heteroatoms. The third-order valence-corrected chi connectivity index (χ3v) is 6.63. The molecule has 0 aliphatic heterocycles. The number of sulfonamides is 1. The molecule has 0 unspecified atom stereocenters. The predicted molar refractivity (Wildman–Crippen MR) is 135 cm³/mol. The van der Waals surface area contributed by atoms with Crippen LogP contribution in [0.15, 0.2) is 42.5 Å². The highest BCUT2D eigenvalue weighted by molar-refractivity contribution is 7.92. The van der Waals surface area contributed by atoms with Crippen molar-refractivity contribution in [2.75, 3.05) is 24.2 Å². The van der Waals surface area contributed by atoms with Crippen LogP contribution in [0.25, 0.3) is 0 Å². The van der Waals surface area contributed by atoms with E-state index in [1.807, 2.05) is 13.8 Å². The summed E-state index contributed by atoms with van der Waals surface area (Å²) in [6, 6.07) is 10.4. The van der Waals surface area contributed by atoms with Crippen molar-refractivity contribution in [1.82, 2.24) is 10.2 Å². The van der Waals surface area contributed by atoms with Crippen molar-refractivity contribution in [3.05, 3.63) is 58.1 Å². The maximum Gasteiger partial charge on any atom is 0.244 e. The summed E-state index contributed by atoms with van der Waals surface area (Å²) in [5.74, 6) is -0.279. The number of methoxy groups -OCH3 is 1. The molecular weight excluding hydrogens is 501 g/mol. The average Bonchev–Trinajstić information content (AvgIpc) is 2.75. The Labute approximate surface area is 210 Å². The van der Waals surface area contributed by atoms with Crippen LogP contribution >= 0.6 is 23.2 Å². The van der Waals surface area contributed by atoms with E-state index in [9.17, 15) is 18.0 Å². The maximum absolute atomic E-state index is 13.5. The van der Waals surface area contributed by atoms with E-state index in [1.165, 1.54) is 23.1 Å². The molecule has 0 heterocycles. The molecule has 34 heavy (non-hydrogen) atoms. The van der Waals surface area contributed by atoms with Crippen LogP contribution in [-0.2, 0) is 26.2 Å². The lowest BCUT2D eigenvalue weighted by molar-refractivity contribution is -0.139. The quantitative estimate of drug-likeness (QED) is 0.506. The molecule has 0 aliphatic rings. The van der Waals surface area contributed by atoms with Gasteiger partial charge in [-0.3, -0.25) is 13.9 Å². The zero-order chi connectivity index (χ0) is 25.6. The fourth-order valence-electron chi connectivity index (χ4n) is 3.19. The van der Waals surface area contributed by atoms with Gasteiger partial charge < -0.3 is 15.0 Å². The minimum atomic E-state index is -3.89. The summed E-state index contributed by atoms with van der Waals surface area (Å²) in [5.41, 5.74) is 0.861. The average molecular weight is 530 g/mol. The molecule has 0 radical (unpaired) electrons. The summed E-state index contributed by atoms with van der Waals surface area (Å²) < 4.78 is 31.2. The third kappa shape index (κ3) is 7.51. The van der Waals surface area contributed by atoms with Crippen molar-refractivity contribution >= 4 is 50.7 Å². The lowest BCUT2D eigenvalue weighted by Gasteiger charge is -2.32. The Morgan fingerprint density at radius 3 is 2.18 bits per heavy atom. The first-order chi connectivity index (χ1) is 15.8. The molecule has 0 spiro atoms. The summed E-state index contributed by atoms with van der Waals surface area (Å²) >= 11 is 12.2. The second-order valence-electron chi connectivity index (χ2n) is 8.07. The number of halogens is 2. The standard InChI is InChI=1S/C23H29Cl2N3O5S/c1-15(2)26-23(30)16(3)27(13-17-6-9-19(33-4)10-7-17)22(29)14-28(34(5,31)32)21-11-8-18(24)12-20(21)25/h6-12,15-16H,13-14H2,1-5H3,(H,26,30)/t16-/m0/s1. The molecule has 8 nitrogen and oxygen atoms in total. The molecule has 0 aromatic heterocycles. The summed E-state index contributed by atoms with van der Waals surface area (Å²) in [4.78, 5) is 27.5. The van der Waals surface area contributed by atoms with Crippen LogP contribution in [0.4, 0.5) is 5.69 Å². The molecule has 2 amide bonds. The number of carbonyl (C=O) groups excluding carboxylic acids is 2. The van der Waals surface area contributed by atoms with Crippen molar-refractivity contribution in [1.29, 1.82) is 0 Å². The van der Waals surface area contributed by atoms with Gasteiger partial charge in [0.05, 0.1) is 24.1 Å².